The average molecular weight is 275 g/mol. The van der Waals surface area contributed by atoms with Gasteiger partial charge in [-0.1, -0.05) is 26.8 Å². The largest absolute Gasteiger partial charge is 0.387 e. The summed E-state index contributed by atoms with van der Waals surface area (Å²) in [5, 5.41) is 14.1. The highest BCUT2D eigenvalue weighted by atomic mass is 16.3. The first kappa shape index (κ1) is 15.0. The van der Waals surface area contributed by atoms with E-state index < -0.39 is 6.10 Å². The van der Waals surface area contributed by atoms with Crippen LogP contribution in [0.4, 0.5) is 0 Å². The highest BCUT2D eigenvalue weighted by molar-refractivity contribution is 5.76. The lowest BCUT2D eigenvalue weighted by Gasteiger charge is -2.28. The summed E-state index contributed by atoms with van der Waals surface area (Å²) in [5.41, 5.74) is 2.95. The number of nitrogens with zero attached hydrogens (tertiary/aromatic N) is 2. The molecule has 2 N–H and O–H groups in total. The van der Waals surface area contributed by atoms with E-state index in [4.69, 9.17) is 0 Å². The number of hydrogen-bond acceptors (Lipinski definition) is 3. The van der Waals surface area contributed by atoms with E-state index in [0.29, 0.717) is 5.92 Å². The molecule has 0 saturated carbocycles. The van der Waals surface area contributed by atoms with Crippen molar-refractivity contribution >= 4 is 11.0 Å². The van der Waals surface area contributed by atoms with Crippen molar-refractivity contribution in [3.63, 3.8) is 0 Å². The maximum Gasteiger partial charge on any atom is 0.0955 e. The highest BCUT2D eigenvalue weighted by Gasteiger charge is 2.23. The molecule has 110 valence electrons. The maximum atomic E-state index is 10.6. The summed E-state index contributed by atoms with van der Waals surface area (Å²) in [6, 6.07) is 6.08. The Morgan fingerprint density at radius 2 is 2.10 bits per heavy atom. The zero-order chi connectivity index (χ0) is 14.7. The van der Waals surface area contributed by atoms with Crippen molar-refractivity contribution in [3.05, 3.63) is 30.1 Å². The molecular weight excluding hydrogens is 250 g/mol. The minimum atomic E-state index is -0.507. The van der Waals surface area contributed by atoms with Gasteiger partial charge in [-0.2, -0.15) is 0 Å². The van der Waals surface area contributed by atoms with Crippen molar-refractivity contribution in [2.45, 2.75) is 39.3 Å². The van der Waals surface area contributed by atoms with E-state index in [1.807, 2.05) is 29.8 Å². The summed E-state index contributed by atoms with van der Waals surface area (Å²) in [6.45, 7) is 7.33. The first-order valence-electron chi connectivity index (χ1n) is 7.37. The molecule has 2 rings (SSSR count). The van der Waals surface area contributed by atoms with Crippen LogP contribution in [0.15, 0.2) is 24.5 Å². The molecule has 0 aliphatic heterocycles. The molecule has 1 heterocycles. The third kappa shape index (κ3) is 3.02. The van der Waals surface area contributed by atoms with E-state index in [9.17, 15) is 5.11 Å². The van der Waals surface area contributed by atoms with Gasteiger partial charge >= 0.3 is 0 Å². The minimum absolute atomic E-state index is 0.0658. The Balaban J connectivity index is 2.25. The van der Waals surface area contributed by atoms with Gasteiger partial charge in [0.25, 0.3) is 0 Å². The van der Waals surface area contributed by atoms with E-state index in [1.54, 1.807) is 6.33 Å². The van der Waals surface area contributed by atoms with Gasteiger partial charge in [0.2, 0.25) is 0 Å². The Bertz CT molecular complexity index is 562. The minimum Gasteiger partial charge on any atom is -0.387 e. The molecule has 4 heteroatoms. The molecule has 1 aromatic carbocycles. The number of hydrogen-bond donors (Lipinski definition) is 2. The van der Waals surface area contributed by atoms with Crippen molar-refractivity contribution in [1.29, 1.82) is 0 Å². The number of rotatable bonds is 6. The normalized spacial score (nSPS) is 14.9. The van der Waals surface area contributed by atoms with Crippen LogP contribution in [0.2, 0.25) is 0 Å². The van der Waals surface area contributed by atoms with Gasteiger partial charge in [0.05, 0.1) is 23.5 Å². The third-order valence-electron chi connectivity index (χ3n) is 3.78. The smallest absolute Gasteiger partial charge is 0.0955 e. The van der Waals surface area contributed by atoms with Crippen LogP contribution in [0.1, 0.15) is 38.9 Å². The van der Waals surface area contributed by atoms with Crippen molar-refractivity contribution < 1.29 is 5.11 Å². The molecule has 1 aromatic heterocycles. The molecule has 2 atom stereocenters. The Hall–Kier alpha value is -1.39. The van der Waals surface area contributed by atoms with Crippen molar-refractivity contribution in [2.24, 2.45) is 13.0 Å². The van der Waals surface area contributed by atoms with Crippen LogP contribution in [-0.2, 0) is 7.05 Å². The lowest BCUT2D eigenvalue weighted by Crippen LogP contribution is -2.39. The van der Waals surface area contributed by atoms with Gasteiger partial charge in [0.15, 0.2) is 0 Å². The number of fused-ring (bicyclic) bond motifs is 1. The summed E-state index contributed by atoms with van der Waals surface area (Å²) in [5.74, 6) is 0.371. The van der Waals surface area contributed by atoms with E-state index in [-0.39, 0.29) is 6.04 Å². The van der Waals surface area contributed by atoms with Crippen LogP contribution in [0, 0.1) is 5.92 Å². The SMILES string of the molecule is CCCNC(C(C)C)C(O)c1ccc2c(c1)ncn2C. The Labute approximate surface area is 120 Å². The van der Waals surface area contributed by atoms with Crippen LogP contribution >= 0.6 is 0 Å². The van der Waals surface area contributed by atoms with E-state index in [1.165, 1.54) is 0 Å². The molecular formula is C16H25N3O. The summed E-state index contributed by atoms with van der Waals surface area (Å²) in [4.78, 5) is 4.36. The third-order valence-corrected chi connectivity index (χ3v) is 3.78. The molecule has 0 radical (unpaired) electrons. The fourth-order valence-electron chi connectivity index (χ4n) is 2.57. The fourth-order valence-corrected chi connectivity index (χ4v) is 2.57. The number of aliphatic hydroxyl groups is 1. The molecule has 0 amide bonds. The predicted molar refractivity (Wildman–Crippen MR) is 82.6 cm³/mol. The van der Waals surface area contributed by atoms with E-state index >= 15 is 0 Å². The van der Waals surface area contributed by atoms with Crippen LogP contribution in [0.3, 0.4) is 0 Å². The zero-order valence-electron chi connectivity index (χ0n) is 12.8. The molecule has 0 aliphatic rings. The fraction of sp³-hybridized carbons (Fsp3) is 0.562. The number of aliphatic hydroxyl groups excluding tert-OH is 1. The van der Waals surface area contributed by atoms with Crippen molar-refractivity contribution in [1.82, 2.24) is 14.9 Å². The number of benzene rings is 1. The van der Waals surface area contributed by atoms with E-state index in [2.05, 4.69) is 31.1 Å². The predicted octanol–water partition coefficient (Wildman–Crippen LogP) is 2.63. The number of aromatic nitrogens is 2. The molecule has 0 saturated heterocycles. The zero-order valence-corrected chi connectivity index (χ0v) is 12.8. The van der Waals surface area contributed by atoms with Crippen LogP contribution in [0.5, 0.6) is 0 Å². The van der Waals surface area contributed by atoms with Gasteiger partial charge in [-0.25, -0.2) is 4.98 Å². The van der Waals surface area contributed by atoms with Crippen molar-refractivity contribution in [3.8, 4) is 0 Å². The lowest BCUT2D eigenvalue weighted by atomic mass is 9.93. The summed E-state index contributed by atoms with van der Waals surface area (Å²) >= 11 is 0. The van der Waals surface area contributed by atoms with Gasteiger partial charge in [-0.3, -0.25) is 0 Å². The molecule has 2 unspecified atom stereocenters. The molecule has 0 fully saturated rings. The second kappa shape index (κ2) is 6.37. The van der Waals surface area contributed by atoms with Crippen LogP contribution in [0.25, 0.3) is 11.0 Å². The first-order valence-corrected chi connectivity index (χ1v) is 7.37. The van der Waals surface area contributed by atoms with Crippen LogP contribution < -0.4 is 5.32 Å². The van der Waals surface area contributed by atoms with Crippen molar-refractivity contribution in [2.75, 3.05) is 6.54 Å². The van der Waals surface area contributed by atoms with Crippen LogP contribution in [-0.4, -0.2) is 27.2 Å². The average Bonchev–Trinajstić information content (AvgIpc) is 2.80. The quantitative estimate of drug-likeness (QED) is 0.852. The summed E-state index contributed by atoms with van der Waals surface area (Å²) < 4.78 is 1.99. The standard InChI is InChI=1S/C16H25N3O/c1-5-8-17-15(11(2)3)16(20)12-6-7-14-13(9-12)18-10-19(14)4/h6-7,9-11,15-17,20H,5,8H2,1-4H3. The molecule has 20 heavy (non-hydrogen) atoms. The molecule has 0 aliphatic carbocycles. The number of imidazole rings is 1. The monoisotopic (exact) mass is 275 g/mol. The Morgan fingerprint density at radius 3 is 2.75 bits per heavy atom. The van der Waals surface area contributed by atoms with Gasteiger partial charge < -0.3 is 15.0 Å². The number of nitrogens with one attached hydrogen (secondary N) is 1. The highest BCUT2D eigenvalue weighted by Crippen LogP contribution is 2.24. The lowest BCUT2D eigenvalue weighted by molar-refractivity contribution is 0.105. The summed E-state index contributed by atoms with van der Waals surface area (Å²) in [6.07, 6.45) is 2.36. The van der Waals surface area contributed by atoms with Gasteiger partial charge in [0, 0.05) is 13.1 Å². The Kier molecular flexibility index (Phi) is 4.78. The molecule has 4 nitrogen and oxygen atoms in total. The maximum absolute atomic E-state index is 10.6. The van der Waals surface area contributed by atoms with Gasteiger partial charge in [-0.05, 0) is 36.6 Å². The molecule has 2 aromatic rings. The second-order valence-electron chi connectivity index (χ2n) is 5.77. The van der Waals surface area contributed by atoms with E-state index in [0.717, 1.165) is 29.6 Å². The second-order valence-corrected chi connectivity index (χ2v) is 5.77. The molecule has 0 spiro atoms. The topological polar surface area (TPSA) is 50.1 Å². The first-order chi connectivity index (χ1) is 9.54. The Morgan fingerprint density at radius 1 is 1.35 bits per heavy atom. The van der Waals surface area contributed by atoms with Gasteiger partial charge in [0.1, 0.15) is 0 Å². The van der Waals surface area contributed by atoms with Gasteiger partial charge in [-0.15, -0.1) is 0 Å². The number of aryl methyl sites for hydroxylation is 1. The molecule has 0 bridgehead atoms. The summed E-state index contributed by atoms with van der Waals surface area (Å²) in [7, 11) is 1.98.